The largest absolute Gasteiger partial charge is 0.433 e. The predicted octanol–water partition coefficient (Wildman–Crippen LogP) is 2.42. The molecule has 2 nitrogen and oxygen atoms in total. The molecule has 1 radical (unpaired) electrons. The van der Waals surface area contributed by atoms with Crippen molar-refractivity contribution in [1.82, 2.24) is 4.98 Å². The monoisotopic (exact) mass is 180 g/mol. The summed E-state index contributed by atoms with van der Waals surface area (Å²) in [6.45, 7) is 0. The van der Waals surface area contributed by atoms with Gasteiger partial charge in [-0.1, -0.05) is 0 Å². The predicted molar refractivity (Wildman–Crippen MR) is 40.7 cm³/mol. The van der Waals surface area contributed by atoms with Gasteiger partial charge in [-0.05, 0) is 18.2 Å². The molecule has 0 aliphatic rings. The maximum atomic E-state index is 12.7. The molecule has 0 spiro atoms. The van der Waals surface area contributed by atoms with Crippen molar-refractivity contribution in [2.45, 2.75) is 0 Å². The number of rotatable bonds is 1. The van der Waals surface area contributed by atoms with E-state index in [1.54, 1.807) is 0 Å². The van der Waals surface area contributed by atoms with E-state index >= 15 is 0 Å². The number of hydrogen-bond acceptors (Lipinski definition) is 2. The van der Waals surface area contributed by atoms with Crippen molar-refractivity contribution >= 4 is 0 Å². The van der Waals surface area contributed by atoms with Gasteiger partial charge in [-0.3, -0.25) is 0 Å². The van der Waals surface area contributed by atoms with E-state index < -0.39 is 11.6 Å². The van der Waals surface area contributed by atoms with Crippen LogP contribution in [0.1, 0.15) is 0 Å². The van der Waals surface area contributed by atoms with Crippen LogP contribution in [0.4, 0.5) is 8.78 Å². The number of oxazole rings is 1. The van der Waals surface area contributed by atoms with Crippen molar-refractivity contribution < 1.29 is 13.2 Å². The standard InChI is InChI=1S/C9H4F2NO/c10-7-2-1-6(5-8(7)11)9-12-3-4-13-9/h1-3,5H. The lowest BCUT2D eigenvalue weighted by atomic mass is 10.2. The summed E-state index contributed by atoms with van der Waals surface area (Å²) in [5, 5.41) is 0. The van der Waals surface area contributed by atoms with E-state index in [1.807, 2.05) is 0 Å². The topological polar surface area (TPSA) is 26.0 Å². The molecule has 2 aromatic rings. The van der Waals surface area contributed by atoms with Crippen molar-refractivity contribution in [3.05, 3.63) is 42.3 Å². The molecule has 1 aromatic heterocycles. The number of aromatic nitrogens is 1. The zero-order valence-electron chi connectivity index (χ0n) is 6.42. The van der Waals surface area contributed by atoms with Crippen LogP contribution in [0.3, 0.4) is 0 Å². The van der Waals surface area contributed by atoms with E-state index in [1.165, 1.54) is 12.3 Å². The SMILES string of the molecule is Fc1ccc(-c2nc[c]o2)cc1F. The van der Waals surface area contributed by atoms with Crippen LogP contribution >= 0.6 is 0 Å². The number of halogens is 2. The third-order valence-electron chi connectivity index (χ3n) is 1.56. The highest BCUT2D eigenvalue weighted by Gasteiger charge is 2.06. The first-order valence-corrected chi connectivity index (χ1v) is 3.54. The van der Waals surface area contributed by atoms with Crippen LogP contribution < -0.4 is 0 Å². The summed E-state index contributed by atoms with van der Waals surface area (Å²) in [4.78, 5) is 3.75. The average Bonchev–Trinajstić information content (AvgIpc) is 2.62. The summed E-state index contributed by atoms with van der Waals surface area (Å²) < 4.78 is 30.0. The fraction of sp³-hybridized carbons (Fsp3) is 0. The normalized spacial score (nSPS) is 10.3. The summed E-state index contributed by atoms with van der Waals surface area (Å²) in [7, 11) is 0. The van der Waals surface area contributed by atoms with Crippen LogP contribution in [0.15, 0.2) is 28.8 Å². The molecule has 0 aliphatic heterocycles. The number of benzene rings is 1. The van der Waals surface area contributed by atoms with E-state index in [-0.39, 0.29) is 5.89 Å². The Bertz CT molecular complexity index is 412. The minimum absolute atomic E-state index is 0.221. The fourth-order valence-corrected chi connectivity index (χ4v) is 0.956. The maximum absolute atomic E-state index is 12.7. The van der Waals surface area contributed by atoms with Gasteiger partial charge < -0.3 is 4.42 Å². The summed E-state index contributed by atoms with van der Waals surface area (Å²) in [6, 6.07) is 3.43. The second-order valence-corrected chi connectivity index (χ2v) is 2.41. The highest BCUT2D eigenvalue weighted by Crippen LogP contribution is 2.18. The maximum Gasteiger partial charge on any atom is 0.227 e. The van der Waals surface area contributed by atoms with Crippen LogP contribution in [0.5, 0.6) is 0 Å². The molecule has 4 heteroatoms. The third-order valence-corrected chi connectivity index (χ3v) is 1.56. The minimum atomic E-state index is -0.921. The summed E-state index contributed by atoms with van der Waals surface area (Å²) in [5.74, 6) is -1.59. The third kappa shape index (κ3) is 1.42. The molecular weight excluding hydrogens is 176 g/mol. The molecule has 0 amide bonds. The zero-order chi connectivity index (χ0) is 9.26. The van der Waals surface area contributed by atoms with Crippen molar-refractivity contribution in [2.24, 2.45) is 0 Å². The first kappa shape index (κ1) is 7.91. The molecule has 2 rings (SSSR count). The Kier molecular flexibility index (Phi) is 1.81. The first-order chi connectivity index (χ1) is 6.27. The molecule has 0 atom stereocenters. The Morgan fingerprint density at radius 1 is 1.23 bits per heavy atom. The quantitative estimate of drug-likeness (QED) is 0.673. The van der Waals surface area contributed by atoms with E-state index in [9.17, 15) is 8.78 Å². The fourth-order valence-electron chi connectivity index (χ4n) is 0.956. The lowest BCUT2D eigenvalue weighted by Crippen LogP contribution is -1.84. The number of nitrogens with zero attached hydrogens (tertiary/aromatic N) is 1. The molecule has 0 fully saturated rings. The Hall–Kier alpha value is -1.71. The Morgan fingerprint density at radius 2 is 2.08 bits per heavy atom. The van der Waals surface area contributed by atoms with Gasteiger partial charge in [0.1, 0.15) is 0 Å². The van der Waals surface area contributed by atoms with Gasteiger partial charge in [0.15, 0.2) is 17.9 Å². The molecule has 1 heterocycles. The number of hydrogen-bond donors (Lipinski definition) is 0. The highest BCUT2D eigenvalue weighted by atomic mass is 19.2. The van der Waals surface area contributed by atoms with E-state index in [2.05, 4.69) is 11.2 Å². The molecule has 0 saturated carbocycles. The minimum Gasteiger partial charge on any atom is -0.433 e. The van der Waals surface area contributed by atoms with Gasteiger partial charge in [-0.2, -0.15) is 0 Å². The van der Waals surface area contributed by atoms with Crippen molar-refractivity contribution in [3.8, 4) is 11.5 Å². The highest BCUT2D eigenvalue weighted by molar-refractivity contribution is 5.52. The van der Waals surface area contributed by atoms with Gasteiger partial charge in [0.25, 0.3) is 0 Å². The van der Waals surface area contributed by atoms with Crippen molar-refractivity contribution in [3.63, 3.8) is 0 Å². The summed E-state index contributed by atoms with van der Waals surface area (Å²) in [5.41, 5.74) is 0.389. The lowest BCUT2D eigenvalue weighted by molar-refractivity contribution is 0.507. The Balaban J connectivity index is 2.49. The van der Waals surface area contributed by atoms with Gasteiger partial charge >= 0.3 is 0 Å². The molecule has 0 saturated heterocycles. The van der Waals surface area contributed by atoms with Gasteiger partial charge in [0.2, 0.25) is 5.89 Å². The molecular formula is C9H4F2NO. The van der Waals surface area contributed by atoms with Crippen LogP contribution in [0.2, 0.25) is 0 Å². The van der Waals surface area contributed by atoms with E-state index in [4.69, 9.17) is 4.42 Å². The first-order valence-electron chi connectivity index (χ1n) is 3.54. The Morgan fingerprint density at radius 3 is 2.69 bits per heavy atom. The second-order valence-electron chi connectivity index (χ2n) is 2.41. The molecule has 0 N–H and O–H groups in total. The molecule has 0 unspecified atom stereocenters. The zero-order valence-corrected chi connectivity index (χ0v) is 6.42. The van der Waals surface area contributed by atoms with Crippen LogP contribution in [-0.4, -0.2) is 4.98 Å². The van der Waals surface area contributed by atoms with Crippen LogP contribution in [0, 0.1) is 17.9 Å². The van der Waals surface area contributed by atoms with E-state index in [0.717, 1.165) is 12.1 Å². The van der Waals surface area contributed by atoms with Gasteiger partial charge in [0.05, 0.1) is 6.20 Å². The van der Waals surface area contributed by atoms with Crippen LogP contribution in [-0.2, 0) is 0 Å². The smallest absolute Gasteiger partial charge is 0.227 e. The van der Waals surface area contributed by atoms with Gasteiger partial charge in [-0.15, -0.1) is 0 Å². The van der Waals surface area contributed by atoms with Gasteiger partial charge in [0, 0.05) is 5.56 Å². The van der Waals surface area contributed by atoms with Gasteiger partial charge in [-0.25, -0.2) is 13.8 Å². The molecule has 65 valence electrons. The molecule has 0 bridgehead atoms. The van der Waals surface area contributed by atoms with Crippen molar-refractivity contribution in [2.75, 3.05) is 0 Å². The Labute approximate surface area is 72.8 Å². The van der Waals surface area contributed by atoms with E-state index in [0.29, 0.717) is 5.56 Å². The summed E-state index contributed by atoms with van der Waals surface area (Å²) >= 11 is 0. The summed E-state index contributed by atoms with van der Waals surface area (Å²) in [6.07, 6.45) is 3.68. The molecule has 0 aliphatic carbocycles. The molecule has 13 heavy (non-hydrogen) atoms. The van der Waals surface area contributed by atoms with Crippen LogP contribution in [0.25, 0.3) is 11.5 Å². The second kappa shape index (κ2) is 2.97. The van der Waals surface area contributed by atoms with Crippen molar-refractivity contribution in [1.29, 1.82) is 0 Å². The average molecular weight is 180 g/mol. The molecule has 1 aromatic carbocycles. The lowest BCUT2D eigenvalue weighted by Gasteiger charge is -1.95.